The molecule has 4 aromatic rings. The summed E-state index contributed by atoms with van der Waals surface area (Å²) in [4.78, 5) is 50.0. The van der Waals surface area contributed by atoms with Gasteiger partial charge in [-0.25, -0.2) is 14.8 Å². The summed E-state index contributed by atoms with van der Waals surface area (Å²) in [5.74, 6) is 0.233. The summed E-state index contributed by atoms with van der Waals surface area (Å²) in [6.07, 6.45) is 4.03. The molecule has 0 atom stereocenters. The van der Waals surface area contributed by atoms with Crippen LogP contribution in [0.25, 0.3) is 10.8 Å². The number of hydrogen-bond donors (Lipinski definition) is 2. The van der Waals surface area contributed by atoms with Gasteiger partial charge >= 0.3 is 5.97 Å². The summed E-state index contributed by atoms with van der Waals surface area (Å²) >= 11 is 0. The van der Waals surface area contributed by atoms with E-state index in [2.05, 4.69) is 15.3 Å². The van der Waals surface area contributed by atoms with Crippen LogP contribution in [0.15, 0.2) is 67.0 Å². The first-order chi connectivity index (χ1) is 19.6. The summed E-state index contributed by atoms with van der Waals surface area (Å²) in [7, 11) is 1.74. The number of nitrogens with zero attached hydrogens (tertiary/aromatic N) is 4. The third-order valence-electron chi connectivity index (χ3n) is 7.11. The van der Waals surface area contributed by atoms with Gasteiger partial charge in [-0.15, -0.1) is 0 Å². The van der Waals surface area contributed by atoms with Crippen molar-refractivity contribution in [1.29, 1.82) is 0 Å². The molecule has 0 saturated carbocycles. The Morgan fingerprint density at radius 1 is 1.02 bits per heavy atom. The van der Waals surface area contributed by atoms with E-state index >= 15 is 0 Å². The van der Waals surface area contributed by atoms with Crippen molar-refractivity contribution < 1.29 is 24.2 Å². The highest BCUT2D eigenvalue weighted by Crippen LogP contribution is 2.37. The first-order valence-electron chi connectivity index (χ1n) is 13.3. The fourth-order valence-corrected chi connectivity index (χ4v) is 4.71. The van der Waals surface area contributed by atoms with Gasteiger partial charge in [0.05, 0.1) is 17.9 Å². The van der Waals surface area contributed by atoms with Gasteiger partial charge in [0.1, 0.15) is 17.1 Å². The highest BCUT2D eigenvalue weighted by molar-refractivity contribution is 6.12. The number of fused-ring (bicyclic) bond motifs is 3. The second kappa shape index (κ2) is 10.9. The molecule has 210 valence electrons. The predicted octanol–water partition coefficient (Wildman–Crippen LogP) is 4.59. The Morgan fingerprint density at radius 2 is 1.78 bits per heavy atom. The van der Waals surface area contributed by atoms with Crippen LogP contribution in [-0.2, 0) is 11.2 Å². The number of benzene rings is 2. The van der Waals surface area contributed by atoms with Crippen LogP contribution in [0.4, 0.5) is 17.3 Å². The first-order valence-corrected chi connectivity index (χ1v) is 13.3. The zero-order valence-electron chi connectivity index (χ0n) is 23.3. The van der Waals surface area contributed by atoms with Crippen molar-refractivity contribution in [2.45, 2.75) is 32.7 Å². The normalized spacial score (nSPS) is 12.9. The zero-order chi connectivity index (χ0) is 29.3. The number of rotatable bonds is 8. The number of pyridine rings is 2. The van der Waals surface area contributed by atoms with Crippen LogP contribution in [0.5, 0.6) is 5.75 Å². The molecule has 0 aliphatic carbocycles. The Kier molecular flexibility index (Phi) is 7.32. The minimum atomic E-state index is -1.38. The van der Waals surface area contributed by atoms with Gasteiger partial charge in [-0.05, 0) is 79.6 Å². The van der Waals surface area contributed by atoms with Crippen LogP contribution in [0, 0.1) is 0 Å². The maximum absolute atomic E-state index is 13.3. The van der Waals surface area contributed by atoms with Gasteiger partial charge in [-0.2, -0.15) is 0 Å². The van der Waals surface area contributed by atoms with E-state index in [-0.39, 0.29) is 5.91 Å². The maximum Gasteiger partial charge on any atom is 0.328 e. The summed E-state index contributed by atoms with van der Waals surface area (Å²) < 4.78 is 6.01. The lowest BCUT2D eigenvalue weighted by molar-refractivity contribution is -0.143. The molecule has 10 nitrogen and oxygen atoms in total. The average Bonchev–Trinajstić information content (AvgIpc) is 3.05. The number of hydrogen-bond acceptors (Lipinski definition) is 7. The van der Waals surface area contributed by atoms with Gasteiger partial charge in [0.2, 0.25) is 0 Å². The van der Waals surface area contributed by atoms with Crippen LogP contribution in [0.2, 0.25) is 0 Å². The van der Waals surface area contributed by atoms with Crippen molar-refractivity contribution in [1.82, 2.24) is 15.3 Å². The second-order valence-corrected chi connectivity index (χ2v) is 10.4. The summed E-state index contributed by atoms with van der Waals surface area (Å²) in [5.41, 5.74) is 1.12. The molecule has 3 heterocycles. The SMILES string of the molecule is CCN1c2ncc(CCOc3ccc4cc(C(=O)NC(C)(C)C(=O)O)ccc4c3)cc2C(=O)N(C)c2cccnc21. The van der Waals surface area contributed by atoms with Crippen molar-refractivity contribution in [3.63, 3.8) is 0 Å². The van der Waals surface area contributed by atoms with Crippen molar-refractivity contribution in [3.05, 3.63) is 83.7 Å². The molecule has 2 aromatic heterocycles. The lowest BCUT2D eigenvalue weighted by Gasteiger charge is -2.22. The summed E-state index contributed by atoms with van der Waals surface area (Å²) in [6, 6.07) is 16.3. The lowest BCUT2D eigenvalue weighted by atomic mass is 10.0. The highest BCUT2D eigenvalue weighted by atomic mass is 16.5. The molecule has 0 fully saturated rings. The Labute approximate surface area is 237 Å². The van der Waals surface area contributed by atoms with E-state index in [1.165, 1.54) is 13.8 Å². The summed E-state index contributed by atoms with van der Waals surface area (Å²) in [6.45, 7) is 5.86. The standard InChI is InChI=1S/C31H31N5O5/c1-5-36-26-24(29(38)35(4)25-7-6-13-32-27(25)36)15-19(18-33-26)12-14-41-23-11-10-20-16-22(9-8-21(20)17-23)28(37)34-31(2,3)30(39)40/h6-11,13,15-18H,5,12,14H2,1-4H3,(H,34,37)(H,39,40). The van der Waals surface area contributed by atoms with Crippen LogP contribution in [0.1, 0.15) is 47.1 Å². The molecule has 0 unspecified atom stereocenters. The molecule has 0 radical (unpaired) electrons. The largest absolute Gasteiger partial charge is 0.493 e. The number of anilines is 3. The average molecular weight is 554 g/mol. The third-order valence-corrected chi connectivity index (χ3v) is 7.11. The van der Waals surface area contributed by atoms with Gasteiger partial charge in [-0.3, -0.25) is 9.59 Å². The van der Waals surface area contributed by atoms with Gasteiger partial charge in [-0.1, -0.05) is 12.1 Å². The van der Waals surface area contributed by atoms with Crippen LogP contribution in [-0.4, -0.2) is 58.6 Å². The van der Waals surface area contributed by atoms with Crippen molar-refractivity contribution in [3.8, 4) is 5.75 Å². The molecule has 2 aromatic carbocycles. The van der Waals surface area contributed by atoms with E-state index in [4.69, 9.17) is 4.74 Å². The molecule has 2 amide bonds. The second-order valence-electron chi connectivity index (χ2n) is 10.4. The molecular weight excluding hydrogens is 522 g/mol. The Morgan fingerprint density at radius 3 is 2.54 bits per heavy atom. The molecule has 1 aliphatic rings. The quantitative estimate of drug-likeness (QED) is 0.325. The van der Waals surface area contributed by atoms with E-state index < -0.39 is 17.4 Å². The Hall–Kier alpha value is -4.99. The number of carboxylic acid groups (broad SMARTS) is 1. The minimum absolute atomic E-state index is 0.144. The molecule has 1 aliphatic heterocycles. The monoisotopic (exact) mass is 553 g/mol. The number of carbonyl (C=O) groups is 3. The van der Waals surface area contributed by atoms with E-state index in [0.717, 1.165) is 22.0 Å². The molecular formula is C31H31N5O5. The molecule has 2 N–H and O–H groups in total. The third kappa shape index (κ3) is 5.41. The van der Waals surface area contributed by atoms with Crippen molar-refractivity contribution >= 4 is 45.9 Å². The zero-order valence-corrected chi connectivity index (χ0v) is 23.3. The van der Waals surface area contributed by atoms with Crippen LogP contribution < -0.4 is 19.9 Å². The molecule has 10 heteroatoms. The maximum atomic E-state index is 13.3. The van der Waals surface area contributed by atoms with Crippen LogP contribution in [0.3, 0.4) is 0 Å². The molecule has 5 rings (SSSR count). The molecule has 0 spiro atoms. The van der Waals surface area contributed by atoms with E-state index in [1.807, 2.05) is 48.2 Å². The fraction of sp³-hybridized carbons (Fsp3) is 0.258. The summed E-state index contributed by atoms with van der Waals surface area (Å²) in [5, 5.41) is 13.5. The smallest absolute Gasteiger partial charge is 0.328 e. The number of carbonyl (C=O) groups excluding carboxylic acids is 2. The first kappa shape index (κ1) is 27.6. The van der Waals surface area contributed by atoms with E-state index in [1.54, 1.807) is 42.5 Å². The number of carboxylic acids is 1. The number of aliphatic carboxylic acids is 1. The molecule has 0 saturated heterocycles. The Bertz CT molecular complexity index is 1670. The van der Waals surface area contributed by atoms with Crippen molar-refractivity contribution in [2.24, 2.45) is 0 Å². The van der Waals surface area contributed by atoms with Crippen LogP contribution >= 0.6 is 0 Å². The lowest BCUT2D eigenvalue weighted by Crippen LogP contribution is -2.49. The topological polar surface area (TPSA) is 125 Å². The predicted molar refractivity (Wildman–Crippen MR) is 156 cm³/mol. The number of amides is 2. The van der Waals surface area contributed by atoms with Gasteiger partial charge < -0.3 is 25.0 Å². The number of nitrogens with one attached hydrogen (secondary N) is 1. The van der Waals surface area contributed by atoms with Gasteiger partial charge in [0.15, 0.2) is 5.82 Å². The van der Waals surface area contributed by atoms with E-state index in [0.29, 0.717) is 48.1 Å². The highest BCUT2D eigenvalue weighted by Gasteiger charge is 2.31. The Balaban J connectivity index is 1.28. The molecule has 0 bridgehead atoms. The van der Waals surface area contributed by atoms with Gasteiger partial charge in [0, 0.05) is 38.0 Å². The van der Waals surface area contributed by atoms with E-state index in [9.17, 15) is 19.5 Å². The fourth-order valence-electron chi connectivity index (χ4n) is 4.71. The molecule has 41 heavy (non-hydrogen) atoms. The number of ether oxygens (including phenoxy) is 1. The number of aromatic nitrogens is 2. The van der Waals surface area contributed by atoms with Crippen molar-refractivity contribution in [2.75, 3.05) is 30.0 Å². The van der Waals surface area contributed by atoms with Gasteiger partial charge in [0.25, 0.3) is 11.8 Å². The minimum Gasteiger partial charge on any atom is -0.493 e.